The fraction of sp³-hybridized carbons (Fsp3) is 0.0500. The number of carbonyl (C=O) groups is 1. The van der Waals surface area contributed by atoms with E-state index in [2.05, 4.69) is 0 Å². The molecule has 23 heavy (non-hydrogen) atoms. The first-order chi connectivity index (χ1) is 11.3. The highest BCUT2D eigenvalue weighted by atomic mass is 16.5. The van der Waals surface area contributed by atoms with Crippen molar-refractivity contribution < 1.29 is 9.53 Å². The summed E-state index contributed by atoms with van der Waals surface area (Å²) in [6.45, 7) is 0. The molecule has 0 saturated carbocycles. The maximum absolute atomic E-state index is 13.1. The first-order valence-electron chi connectivity index (χ1n) is 7.46. The third kappa shape index (κ3) is 2.09. The van der Waals surface area contributed by atoms with Crippen LogP contribution in [0.4, 0.5) is 0 Å². The van der Waals surface area contributed by atoms with E-state index in [1.165, 1.54) is 0 Å². The van der Waals surface area contributed by atoms with Crippen molar-refractivity contribution >= 4 is 27.7 Å². The third-order valence-electron chi connectivity index (χ3n) is 4.10. The van der Waals surface area contributed by atoms with Crippen LogP contribution in [-0.4, -0.2) is 17.6 Å². The number of fused-ring (bicyclic) bond motifs is 3. The van der Waals surface area contributed by atoms with Crippen LogP contribution in [0.2, 0.25) is 0 Å². The highest BCUT2D eigenvalue weighted by Gasteiger charge is 2.17. The van der Waals surface area contributed by atoms with E-state index in [4.69, 9.17) is 4.74 Å². The van der Waals surface area contributed by atoms with E-state index in [1.54, 1.807) is 17.7 Å². The number of aromatic nitrogens is 1. The van der Waals surface area contributed by atoms with E-state index in [1.807, 2.05) is 66.7 Å². The average molecular weight is 301 g/mol. The Morgan fingerprint density at radius 3 is 2.04 bits per heavy atom. The molecule has 0 aliphatic heterocycles. The van der Waals surface area contributed by atoms with Gasteiger partial charge in [-0.3, -0.25) is 9.36 Å². The fourth-order valence-corrected chi connectivity index (χ4v) is 3.03. The molecule has 1 heterocycles. The molecule has 0 aliphatic rings. The van der Waals surface area contributed by atoms with Crippen molar-refractivity contribution in [3.05, 3.63) is 78.4 Å². The molecular formula is C20H15NO2. The second-order valence-electron chi connectivity index (χ2n) is 5.41. The molecule has 0 spiro atoms. The van der Waals surface area contributed by atoms with Gasteiger partial charge in [0.25, 0.3) is 5.91 Å². The Morgan fingerprint density at radius 1 is 0.826 bits per heavy atom. The second-order valence-corrected chi connectivity index (χ2v) is 5.41. The Morgan fingerprint density at radius 2 is 1.43 bits per heavy atom. The molecule has 0 N–H and O–H groups in total. The Balaban J connectivity index is 2.01. The second kappa shape index (κ2) is 5.29. The van der Waals surface area contributed by atoms with Crippen molar-refractivity contribution in [3.63, 3.8) is 0 Å². The predicted molar refractivity (Wildman–Crippen MR) is 92.2 cm³/mol. The van der Waals surface area contributed by atoms with Gasteiger partial charge in [0.1, 0.15) is 5.75 Å². The van der Waals surface area contributed by atoms with Gasteiger partial charge in [-0.1, -0.05) is 42.5 Å². The molecule has 0 bridgehead atoms. The summed E-state index contributed by atoms with van der Waals surface area (Å²) >= 11 is 0. The lowest BCUT2D eigenvalue weighted by atomic mass is 10.2. The first-order valence-corrected chi connectivity index (χ1v) is 7.46. The number of para-hydroxylation sites is 2. The van der Waals surface area contributed by atoms with Crippen LogP contribution in [0.5, 0.6) is 5.75 Å². The summed E-state index contributed by atoms with van der Waals surface area (Å²) in [4.78, 5) is 13.1. The third-order valence-corrected chi connectivity index (χ3v) is 4.10. The Kier molecular flexibility index (Phi) is 3.12. The van der Waals surface area contributed by atoms with Crippen LogP contribution in [0.3, 0.4) is 0 Å². The molecule has 0 unspecified atom stereocenters. The number of ether oxygens (including phenoxy) is 1. The molecule has 112 valence electrons. The molecule has 4 aromatic rings. The summed E-state index contributed by atoms with van der Waals surface area (Å²) in [6.07, 6.45) is 0. The molecule has 4 rings (SSSR count). The molecule has 0 atom stereocenters. The maximum atomic E-state index is 13.1. The number of benzene rings is 3. The fourth-order valence-electron chi connectivity index (χ4n) is 3.03. The summed E-state index contributed by atoms with van der Waals surface area (Å²) in [6, 6.07) is 23.2. The predicted octanol–water partition coefficient (Wildman–Crippen LogP) is 4.49. The van der Waals surface area contributed by atoms with E-state index in [0.717, 1.165) is 21.8 Å². The quantitative estimate of drug-likeness (QED) is 0.546. The molecule has 0 aliphatic carbocycles. The average Bonchev–Trinajstić information content (AvgIpc) is 2.96. The first kappa shape index (κ1) is 13.6. The monoisotopic (exact) mass is 301 g/mol. The minimum absolute atomic E-state index is 0.0544. The lowest BCUT2D eigenvalue weighted by Crippen LogP contribution is -2.11. The minimum atomic E-state index is -0.0544. The molecule has 0 saturated heterocycles. The minimum Gasteiger partial charge on any atom is -0.497 e. The van der Waals surface area contributed by atoms with Crippen LogP contribution in [-0.2, 0) is 0 Å². The number of nitrogens with zero attached hydrogens (tertiary/aromatic N) is 1. The van der Waals surface area contributed by atoms with Crippen molar-refractivity contribution in [1.82, 2.24) is 4.57 Å². The van der Waals surface area contributed by atoms with Gasteiger partial charge in [0.2, 0.25) is 0 Å². The van der Waals surface area contributed by atoms with Crippen molar-refractivity contribution in [3.8, 4) is 5.75 Å². The topological polar surface area (TPSA) is 31.2 Å². The summed E-state index contributed by atoms with van der Waals surface area (Å²) in [5.41, 5.74) is 2.44. The Hall–Kier alpha value is -3.07. The van der Waals surface area contributed by atoms with Gasteiger partial charge in [-0.2, -0.15) is 0 Å². The summed E-state index contributed by atoms with van der Waals surface area (Å²) in [5, 5.41) is 2.17. The van der Waals surface area contributed by atoms with Gasteiger partial charge in [-0.25, -0.2) is 0 Å². The van der Waals surface area contributed by atoms with Gasteiger partial charge in [-0.05, 0) is 30.3 Å². The van der Waals surface area contributed by atoms with Crippen LogP contribution in [0.1, 0.15) is 10.4 Å². The van der Waals surface area contributed by atoms with Crippen LogP contribution >= 0.6 is 0 Å². The Labute approximate surface area is 133 Å². The van der Waals surface area contributed by atoms with Gasteiger partial charge in [0, 0.05) is 16.3 Å². The van der Waals surface area contributed by atoms with Crippen molar-refractivity contribution in [1.29, 1.82) is 0 Å². The summed E-state index contributed by atoms with van der Waals surface area (Å²) < 4.78 is 7.01. The normalized spacial score (nSPS) is 11.0. The summed E-state index contributed by atoms with van der Waals surface area (Å²) in [5.74, 6) is 0.623. The summed E-state index contributed by atoms with van der Waals surface area (Å²) in [7, 11) is 1.60. The zero-order valence-corrected chi connectivity index (χ0v) is 12.7. The number of carbonyl (C=O) groups excluding carboxylic acids is 1. The molecule has 0 fully saturated rings. The molecule has 3 nitrogen and oxygen atoms in total. The van der Waals surface area contributed by atoms with Gasteiger partial charge >= 0.3 is 0 Å². The van der Waals surface area contributed by atoms with Gasteiger partial charge in [0.05, 0.1) is 18.1 Å². The number of methoxy groups -OCH3 is 1. The molecule has 1 aromatic heterocycles. The van der Waals surface area contributed by atoms with Crippen LogP contribution in [0.25, 0.3) is 21.8 Å². The van der Waals surface area contributed by atoms with E-state index >= 15 is 0 Å². The standard InChI is InChI=1S/C20H15NO2/c1-23-15-8-6-7-14(13-15)20(22)21-18-11-4-2-9-16(18)17-10-3-5-12-19(17)21/h2-13H,1H3. The van der Waals surface area contributed by atoms with E-state index in [9.17, 15) is 4.79 Å². The van der Waals surface area contributed by atoms with E-state index in [0.29, 0.717) is 11.3 Å². The van der Waals surface area contributed by atoms with Gasteiger partial charge in [0.15, 0.2) is 0 Å². The van der Waals surface area contributed by atoms with Gasteiger partial charge < -0.3 is 4.74 Å². The largest absolute Gasteiger partial charge is 0.497 e. The molecule has 3 aromatic carbocycles. The highest BCUT2D eigenvalue weighted by Crippen LogP contribution is 2.29. The number of hydrogen-bond acceptors (Lipinski definition) is 2. The number of hydrogen-bond donors (Lipinski definition) is 0. The van der Waals surface area contributed by atoms with Gasteiger partial charge in [-0.15, -0.1) is 0 Å². The van der Waals surface area contributed by atoms with Crippen molar-refractivity contribution in [2.75, 3.05) is 7.11 Å². The van der Waals surface area contributed by atoms with Crippen LogP contribution < -0.4 is 4.74 Å². The zero-order chi connectivity index (χ0) is 15.8. The highest BCUT2D eigenvalue weighted by molar-refractivity contribution is 6.16. The van der Waals surface area contributed by atoms with E-state index < -0.39 is 0 Å². The molecular weight excluding hydrogens is 286 g/mol. The smallest absolute Gasteiger partial charge is 0.263 e. The molecule has 3 heteroatoms. The Bertz CT molecular complexity index is 977. The lowest BCUT2D eigenvalue weighted by Gasteiger charge is -2.07. The van der Waals surface area contributed by atoms with Crippen LogP contribution in [0, 0.1) is 0 Å². The number of rotatable bonds is 2. The zero-order valence-electron chi connectivity index (χ0n) is 12.7. The van der Waals surface area contributed by atoms with E-state index in [-0.39, 0.29) is 5.91 Å². The van der Waals surface area contributed by atoms with Crippen molar-refractivity contribution in [2.45, 2.75) is 0 Å². The van der Waals surface area contributed by atoms with Crippen LogP contribution in [0.15, 0.2) is 72.8 Å². The molecule has 0 radical (unpaired) electrons. The maximum Gasteiger partial charge on any atom is 0.263 e. The SMILES string of the molecule is COc1cccc(C(=O)n2c3ccccc3c3ccccc32)c1. The lowest BCUT2D eigenvalue weighted by molar-refractivity contribution is 0.0969. The van der Waals surface area contributed by atoms with Crippen molar-refractivity contribution in [2.24, 2.45) is 0 Å². The molecule has 0 amide bonds.